The molecule has 0 aliphatic rings. The van der Waals surface area contributed by atoms with Crippen LogP contribution in [0.5, 0.6) is 0 Å². The van der Waals surface area contributed by atoms with Crippen molar-refractivity contribution in [2.75, 3.05) is 0 Å². The van der Waals surface area contributed by atoms with Crippen LogP contribution in [-0.4, -0.2) is 20.4 Å². The van der Waals surface area contributed by atoms with Crippen LogP contribution in [0.15, 0.2) is 43.0 Å². The number of rotatable bonds is 3. The molecule has 0 radical (unpaired) electrons. The smallest absolute Gasteiger partial charge is 0.252 e. The number of primary amides is 1. The first kappa shape index (κ1) is 12.6. The van der Waals surface area contributed by atoms with Crippen LogP contribution in [-0.2, 0) is 6.54 Å². The minimum atomic E-state index is -0.516. The summed E-state index contributed by atoms with van der Waals surface area (Å²) < 4.78 is 1.88. The molecule has 0 bridgehead atoms. The summed E-state index contributed by atoms with van der Waals surface area (Å²) in [6.07, 6.45) is 6.69. The summed E-state index contributed by atoms with van der Waals surface area (Å²) in [6, 6.07) is 5.50. The average molecular weight is 287 g/mol. The zero-order valence-electron chi connectivity index (χ0n) is 10.5. The maximum Gasteiger partial charge on any atom is 0.252 e. The van der Waals surface area contributed by atoms with E-state index in [2.05, 4.69) is 9.97 Å². The molecule has 0 spiro atoms. The van der Waals surface area contributed by atoms with Crippen LogP contribution < -0.4 is 5.73 Å². The molecule has 6 heteroatoms. The van der Waals surface area contributed by atoms with Crippen molar-refractivity contribution in [1.29, 1.82) is 0 Å². The largest absolute Gasteiger partial charge is 0.365 e. The first-order chi connectivity index (χ1) is 9.66. The summed E-state index contributed by atoms with van der Waals surface area (Å²) in [7, 11) is 0. The molecule has 0 aromatic carbocycles. The number of pyridine rings is 2. The Labute approximate surface area is 120 Å². The fraction of sp³-hybridized carbons (Fsp3) is 0.0714. The molecule has 0 unspecified atom stereocenters. The maximum absolute atomic E-state index is 11.5. The lowest BCUT2D eigenvalue weighted by atomic mass is 10.2. The van der Waals surface area contributed by atoms with Crippen molar-refractivity contribution in [3.63, 3.8) is 0 Å². The van der Waals surface area contributed by atoms with Crippen molar-refractivity contribution in [3.8, 4) is 0 Å². The van der Waals surface area contributed by atoms with E-state index in [-0.39, 0.29) is 0 Å². The molecule has 20 heavy (non-hydrogen) atoms. The summed E-state index contributed by atoms with van der Waals surface area (Å²) in [4.78, 5) is 19.7. The van der Waals surface area contributed by atoms with Crippen molar-refractivity contribution >= 4 is 28.5 Å². The SMILES string of the molecule is NC(=O)c1cn(Cc2ccncc2)c2c(Cl)ccnc12. The number of nitrogens with zero attached hydrogens (tertiary/aromatic N) is 3. The van der Waals surface area contributed by atoms with Gasteiger partial charge in [0.2, 0.25) is 0 Å². The van der Waals surface area contributed by atoms with Crippen LogP contribution in [0.3, 0.4) is 0 Å². The second-order valence-corrected chi connectivity index (χ2v) is 4.79. The minimum absolute atomic E-state index is 0.372. The molecule has 3 heterocycles. The highest BCUT2D eigenvalue weighted by Gasteiger charge is 2.16. The van der Waals surface area contributed by atoms with Gasteiger partial charge in [0.1, 0.15) is 5.52 Å². The lowest BCUT2D eigenvalue weighted by Gasteiger charge is -2.05. The molecule has 3 aromatic rings. The molecule has 1 amide bonds. The number of nitrogens with two attached hydrogens (primary N) is 1. The first-order valence-electron chi connectivity index (χ1n) is 5.99. The van der Waals surface area contributed by atoms with Gasteiger partial charge >= 0.3 is 0 Å². The van der Waals surface area contributed by atoms with Crippen LogP contribution in [0.25, 0.3) is 11.0 Å². The predicted molar refractivity (Wildman–Crippen MR) is 76.6 cm³/mol. The van der Waals surface area contributed by atoms with E-state index in [4.69, 9.17) is 17.3 Å². The van der Waals surface area contributed by atoms with Crippen molar-refractivity contribution in [2.45, 2.75) is 6.54 Å². The molecule has 0 fully saturated rings. The monoisotopic (exact) mass is 286 g/mol. The van der Waals surface area contributed by atoms with E-state index in [9.17, 15) is 4.79 Å². The highest BCUT2D eigenvalue weighted by Crippen LogP contribution is 2.26. The summed E-state index contributed by atoms with van der Waals surface area (Å²) in [5, 5.41) is 0.538. The zero-order chi connectivity index (χ0) is 14.1. The van der Waals surface area contributed by atoms with Gasteiger partial charge in [0.15, 0.2) is 0 Å². The van der Waals surface area contributed by atoms with Gasteiger partial charge in [-0.1, -0.05) is 11.6 Å². The van der Waals surface area contributed by atoms with E-state index in [1.807, 2.05) is 16.7 Å². The molecule has 100 valence electrons. The van der Waals surface area contributed by atoms with Crippen LogP contribution >= 0.6 is 11.6 Å². The lowest BCUT2D eigenvalue weighted by molar-refractivity contribution is 0.100. The van der Waals surface area contributed by atoms with Crippen LogP contribution in [0.2, 0.25) is 5.02 Å². The molecule has 5 nitrogen and oxygen atoms in total. The Balaban J connectivity index is 2.18. The highest BCUT2D eigenvalue weighted by atomic mass is 35.5. The molecule has 0 saturated heterocycles. The normalized spacial score (nSPS) is 10.8. The number of hydrogen-bond donors (Lipinski definition) is 1. The molecular weight excluding hydrogens is 276 g/mol. The zero-order valence-corrected chi connectivity index (χ0v) is 11.2. The number of amides is 1. The Morgan fingerprint density at radius 2 is 2.00 bits per heavy atom. The average Bonchev–Trinajstić information content (AvgIpc) is 2.80. The standard InChI is InChI=1S/C14H11ClN4O/c15-11-3-6-18-12-10(14(16)20)8-19(13(11)12)7-9-1-4-17-5-2-9/h1-6,8H,7H2,(H2,16,20). The van der Waals surface area contributed by atoms with Gasteiger partial charge < -0.3 is 10.3 Å². The van der Waals surface area contributed by atoms with Gasteiger partial charge in [0.25, 0.3) is 5.91 Å². The van der Waals surface area contributed by atoms with Crippen LogP contribution in [0.4, 0.5) is 0 Å². The Bertz CT molecular complexity index is 782. The molecule has 0 atom stereocenters. The Morgan fingerprint density at radius 3 is 2.70 bits per heavy atom. The van der Waals surface area contributed by atoms with Gasteiger partial charge in [-0.25, -0.2) is 0 Å². The number of halogens is 1. The van der Waals surface area contributed by atoms with Crippen molar-refractivity contribution in [2.24, 2.45) is 5.73 Å². The third kappa shape index (κ3) is 2.12. The van der Waals surface area contributed by atoms with Crippen LogP contribution in [0, 0.1) is 0 Å². The quantitative estimate of drug-likeness (QED) is 0.802. The highest BCUT2D eigenvalue weighted by molar-refractivity contribution is 6.35. The van der Waals surface area contributed by atoms with E-state index in [0.29, 0.717) is 28.2 Å². The van der Waals surface area contributed by atoms with Crippen molar-refractivity contribution < 1.29 is 4.79 Å². The topological polar surface area (TPSA) is 73.8 Å². The minimum Gasteiger partial charge on any atom is -0.365 e. The summed E-state index contributed by atoms with van der Waals surface area (Å²) >= 11 is 6.22. The Morgan fingerprint density at radius 1 is 1.25 bits per heavy atom. The number of carbonyl (C=O) groups is 1. The second-order valence-electron chi connectivity index (χ2n) is 4.38. The van der Waals surface area contributed by atoms with Gasteiger partial charge in [0.05, 0.1) is 16.1 Å². The van der Waals surface area contributed by atoms with Crippen molar-refractivity contribution in [3.05, 3.63) is 59.1 Å². The van der Waals surface area contributed by atoms with Gasteiger partial charge in [-0.3, -0.25) is 14.8 Å². The molecule has 2 N–H and O–H groups in total. The van der Waals surface area contributed by atoms with E-state index < -0.39 is 5.91 Å². The van der Waals surface area contributed by atoms with E-state index in [1.165, 1.54) is 0 Å². The second kappa shape index (κ2) is 4.94. The third-order valence-electron chi connectivity index (χ3n) is 3.07. The number of aromatic nitrogens is 3. The predicted octanol–water partition coefficient (Wildman–Crippen LogP) is 2.23. The number of carbonyl (C=O) groups excluding carboxylic acids is 1. The van der Waals surface area contributed by atoms with Crippen molar-refractivity contribution in [1.82, 2.24) is 14.5 Å². The Kier molecular flexibility index (Phi) is 3.12. The number of fused-ring (bicyclic) bond motifs is 1. The van der Waals surface area contributed by atoms with Gasteiger partial charge in [0, 0.05) is 31.3 Å². The maximum atomic E-state index is 11.5. The Hall–Kier alpha value is -2.40. The summed E-state index contributed by atoms with van der Waals surface area (Å²) in [6.45, 7) is 0.567. The van der Waals surface area contributed by atoms with E-state index in [1.54, 1.807) is 30.9 Å². The fourth-order valence-electron chi connectivity index (χ4n) is 2.17. The van der Waals surface area contributed by atoms with E-state index in [0.717, 1.165) is 5.56 Å². The summed E-state index contributed by atoms with van der Waals surface area (Å²) in [5.41, 5.74) is 8.05. The third-order valence-corrected chi connectivity index (χ3v) is 3.38. The molecule has 0 aliphatic heterocycles. The molecule has 0 saturated carbocycles. The summed E-state index contributed by atoms with van der Waals surface area (Å²) in [5.74, 6) is -0.516. The van der Waals surface area contributed by atoms with Crippen LogP contribution in [0.1, 0.15) is 15.9 Å². The van der Waals surface area contributed by atoms with Gasteiger partial charge in [-0.05, 0) is 23.8 Å². The molecule has 0 aliphatic carbocycles. The lowest BCUT2D eigenvalue weighted by Crippen LogP contribution is -2.10. The fourth-order valence-corrected chi connectivity index (χ4v) is 2.43. The molecule has 3 rings (SSSR count). The van der Waals surface area contributed by atoms with Gasteiger partial charge in [-0.15, -0.1) is 0 Å². The molecule has 3 aromatic heterocycles. The first-order valence-corrected chi connectivity index (χ1v) is 6.36. The van der Waals surface area contributed by atoms with E-state index >= 15 is 0 Å². The number of hydrogen-bond acceptors (Lipinski definition) is 3. The molecular formula is C14H11ClN4O. The van der Waals surface area contributed by atoms with Gasteiger partial charge in [-0.2, -0.15) is 0 Å².